The van der Waals surface area contributed by atoms with Gasteiger partial charge in [0.2, 0.25) is 0 Å². The number of carbonyl (C=O) groups is 1. The van der Waals surface area contributed by atoms with Crippen molar-refractivity contribution in [3.8, 4) is 0 Å². The van der Waals surface area contributed by atoms with Crippen LogP contribution >= 0.6 is 23.2 Å². The molecular weight excluding hydrogens is 297 g/mol. The Hall–Kier alpha value is -0.930. The van der Waals surface area contributed by atoms with Crippen LogP contribution in [0.4, 0.5) is 4.79 Å². The van der Waals surface area contributed by atoms with Crippen LogP contribution in [0.2, 0.25) is 10.0 Å². The molecule has 0 fully saturated rings. The van der Waals surface area contributed by atoms with Crippen LogP contribution in [0.15, 0.2) is 12.1 Å². The molecule has 0 saturated carbocycles. The third kappa shape index (κ3) is 4.57. The van der Waals surface area contributed by atoms with Gasteiger partial charge in [0.25, 0.3) is 0 Å². The van der Waals surface area contributed by atoms with Crippen molar-refractivity contribution < 1.29 is 9.53 Å². The Bertz CT molecular complexity index is 495. The first-order chi connectivity index (χ1) is 9.15. The van der Waals surface area contributed by atoms with Gasteiger partial charge in [0.15, 0.2) is 0 Å². The number of aryl methyl sites for hydroxylation is 1. The normalized spacial score (nSPS) is 12.9. The van der Waals surface area contributed by atoms with Crippen LogP contribution in [0.5, 0.6) is 0 Å². The summed E-state index contributed by atoms with van der Waals surface area (Å²) in [6, 6.07) is 3.53. The van der Waals surface area contributed by atoms with E-state index in [0.29, 0.717) is 10.0 Å². The van der Waals surface area contributed by atoms with E-state index in [4.69, 9.17) is 27.9 Å². The van der Waals surface area contributed by atoms with Crippen molar-refractivity contribution >= 4 is 29.3 Å². The number of amides is 1. The van der Waals surface area contributed by atoms with Gasteiger partial charge in [-0.15, -0.1) is 0 Å². The largest absolute Gasteiger partial charge is 0.444 e. The summed E-state index contributed by atoms with van der Waals surface area (Å²) in [5.74, 6) is 0. The van der Waals surface area contributed by atoms with Gasteiger partial charge in [-0.3, -0.25) is 0 Å². The summed E-state index contributed by atoms with van der Waals surface area (Å²) < 4.78 is 5.22. The maximum atomic E-state index is 11.8. The standard InChI is InChI=1S/C15H21Cl2NO2/c1-6-10-7-8-11(13(17)12(10)16)9(2)18-14(19)20-15(3,4)5/h7-9H,6H2,1-5H3,(H,18,19). The van der Waals surface area contributed by atoms with E-state index in [1.165, 1.54) is 0 Å². The highest BCUT2D eigenvalue weighted by Crippen LogP contribution is 2.33. The fourth-order valence-electron chi connectivity index (χ4n) is 1.77. The Labute approximate surface area is 130 Å². The zero-order chi connectivity index (χ0) is 15.5. The highest BCUT2D eigenvalue weighted by Gasteiger charge is 2.20. The van der Waals surface area contributed by atoms with E-state index in [0.717, 1.165) is 17.5 Å². The average molecular weight is 318 g/mol. The number of ether oxygens (including phenoxy) is 1. The molecule has 0 aliphatic carbocycles. The zero-order valence-electron chi connectivity index (χ0n) is 12.5. The Morgan fingerprint density at radius 1 is 1.30 bits per heavy atom. The van der Waals surface area contributed by atoms with Crippen molar-refractivity contribution in [2.24, 2.45) is 0 Å². The molecule has 0 aliphatic rings. The summed E-state index contributed by atoms with van der Waals surface area (Å²) in [6.45, 7) is 9.30. The molecular formula is C15H21Cl2NO2. The van der Waals surface area contributed by atoms with Gasteiger partial charge in [-0.05, 0) is 45.2 Å². The maximum absolute atomic E-state index is 11.8. The third-order valence-electron chi connectivity index (χ3n) is 2.77. The summed E-state index contributed by atoms with van der Waals surface area (Å²) in [5.41, 5.74) is 1.24. The predicted molar refractivity (Wildman–Crippen MR) is 83.6 cm³/mol. The van der Waals surface area contributed by atoms with Gasteiger partial charge < -0.3 is 10.1 Å². The molecule has 1 aromatic rings. The fourth-order valence-corrected chi connectivity index (χ4v) is 2.43. The zero-order valence-corrected chi connectivity index (χ0v) is 14.0. The Balaban J connectivity index is 2.86. The minimum Gasteiger partial charge on any atom is -0.444 e. The molecule has 5 heteroatoms. The molecule has 0 saturated heterocycles. The molecule has 0 aromatic heterocycles. The van der Waals surface area contributed by atoms with Crippen LogP contribution in [-0.2, 0) is 11.2 Å². The lowest BCUT2D eigenvalue weighted by molar-refractivity contribution is 0.0508. The summed E-state index contributed by atoms with van der Waals surface area (Å²) in [5, 5.41) is 3.78. The average Bonchev–Trinajstić information content (AvgIpc) is 2.29. The van der Waals surface area contributed by atoms with Crippen molar-refractivity contribution in [2.45, 2.75) is 52.7 Å². The summed E-state index contributed by atoms with van der Waals surface area (Å²) >= 11 is 12.5. The summed E-state index contributed by atoms with van der Waals surface area (Å²) in [4.78, 5) is 11.8. The van der Waals surface area contributed by atoms with Crippen LogP contribution in [0.3, 0.4) is 0 Å². The molecule has 1 rings (SSSR count). The first kappa shape index (κ1) is 17.1. The minimum atomic E-state index is -0.530. The van der Waals surface area contributed by atoms with Crippen LogP contribution in [-0.4, -0.2) is 11.7 Å². The van der Waals surface area contributed by atoms with Crippen molar-refractivity contribution in [3.63, 3.8) is 0 Å². The van der Waals surface area contributed by atoms with Crippen LogP contribution in [0.1, 0.15) is 51.8 Å². The van der Waals surface area contributed by atoms with Crippen LogP contribution in [0, 0.1) is 0 Å². The molecule has 0 bridgehead atoms. The van der Waals surface area contributed by atoms with Gasteiger partial charge in [-0.2, -0.15) is 0 Å². The molecule has 0 heterocycles. The van der Waals surface area contributed by atoms with E-state index >= 15 is 0 Å². The lowest BCUT2D eigenvalue weighted by Gasteiger charge is -2.23. The van der Waals surface area contributed by atoms with Crippen molar-refractivity contribution in [1.29, 1.82) is 0 Å². The maximum Gasteiger partial charge on any atom is 0.408 e. The molecule has 0 aliphatic heterocycles. The van der Waals surface area contributed by atoms with Crippen molar-refractivity contribution in [2.75, 3.05) is 0 Å². The number of halogens is 2. The quantitative estimate of drug-likeness (QED) is 0.838. The molecule has 112 valence electrons. The number of rotatable bonds is 3. The molecule has 1 unspecified atom stereocenters. The second kappa shape index (κ2) is 6.68. The molecule has 0 radical (unpaired) electrons. The lowest BCUT2D eigenvalue weighted by atomic mass is 10.0. The van der Waals surface area contributed by atoms with Crippen LogP contribution < -0.4 is 5.32 Å². The molecule has 3 nitrogen and oxygen atoms in total. The van der Waals surface area contributed by atoms with Gasteiger partial charge in [0.05, 0.1) is 16.1 Å². The third-order valence-corrected chi connectivity index (χ3v) is 3.71. The Morgan fingerprint density at radius 3 is 2.40 bits per heavy atom. The van der Waals surface area contributed by atoms with E-state index in [1.54, 1.807) is 0 Å². The number of alkyl carbamates (subject to hydrolysis) is 1. The molecule has 1 aromatic carbocycles. The van der Waals surface area contributed by atoms with Gasteiger partial charge in [0.1, 0.15) is 5.60 Å². The number of hydrogen-bond acceptors (Lipinski definition) is 2. The molecule has 1 atom stereocenters. The molecule has 1 N–H and O–H groups in total. The van der Waals surface area contributed by atoms with E-state index in [2.05, 4.69) is 5.32 Å². The predicted octanol–water partition coefficient (Wildman–Crippen LogP) is 5.14. The van der Waals surface area contributed by atoms with Crippen molar-refractivity contribution in [1.82, 2.24) is 5.32 Å². The smallest absolute Gasteiger partial charge is 0.408 e. The van der Waals surface area contributed by atoms with Crippen molar-refractivity contribution in [3.05, 3.63) is 33.3 Å². The first-order valence-electron chi connectivity index (χ1n) is 6.62. The topological polar surface area (TPSA) is 38.3 Å². The van der Waals surface area contributed by atoms with Gasteiger partial charge in [-0.25, -0.2) is 4.79 Å². The molecule has 20 heavy (non-hydrogen) atoms. The van der Waals surface area contributed by atoms with Gasteiger partial charge >= 0.3 is 6.09 Å². The monoisotopic (exact) mass is 317 g/mol. The molecule has 0 spiro atoms. The highest BCUT2D eigenvalue weighted by atomic mass is 35.5. The van der Waals surface area contributed by atoms with Crippen LogP contribution in [0.25, 0.3) is 0 Å². The first-order valence-corrected chi connectivity index (χ1v) is 7.37. The van der Waals surface area contributed by atoms with Gasteiger partial charge in [0, 0.05) is 0 Å². The SMILES string of the molecule is CCc1ccc(C(C)NC(=O)OC(C)(C)C)c(Cl)c1Cl. The minimum absolute atomic E-state index is 0.277. The number of carbonyl (C=O) groups excluding carboxylic acids is 1. The number of nitrogens with one attached hydrogen (secondary N) is 1. The second-order valence-corrected chi connectivity index (χ2v) is 6.42. The van der Waals surface area contributed by atoms with E-state index in [-0.39, 0.29) is 6.04 Å². The van der Waals surface area contributed by atoms with Gasteiger partial charge in [-0.1, -0.05) is 42.3 Å². The van der Waals surface area contributed by atoms with E-state index in [9.17, 15) is 4.79 Å². The Kier molecular flexibility index (Phi) is 5.72. The Morgan fingerprint density at radius 2 is 1.90 bits per heavy atom. The molecule has 1 amide bonds. The van der Waals surface area contributed by atoms with E-state index in [1.807, 2.05) is 46.8 Å². The second-order valence-electron chi connectivity index (χ2n) is 5.66. The number of hydrogen-bond donors (Lipinski definition) is 1. The fraction of sp³-hybridized carbons (Fsp3) is 0.533. The highest BCUT2D eigenvalue weighted by molar-refractivity contribution is 6.43. The summed E-state index contributed by atoms with van der Waals surface area (Å²) in [7, 11) is 0. The van der Waals surface area contributed by atoms with E-state index < -0.39 is 11.7 Å². The summed E-state index contributed by atoms with van der Waals surface area (Å²) in [6.07, 6.45) is 0.337. The lowest BCUT2D eigenvalue weighted by Crippen LogP contribution is -2.34. The number of benzene rings is 1.